The molecule has 17 atom stereocenters. The second-order valence-corrected chi connectivity index (χ2v) is 15.2. The van der Waals surface area contributed by atoms with E-state index in [1.165, 1.54) is 0 Å². The molecule has 14 heteroatoms. The number of carbonyl (C=O) groups excluding carboxylic acids is 1. The number of carbonyl (C=O) groups is 1. The summed E-state index contributed by atoms with van der Waals surface area (Å²) in [6.45, 7) is 0.916. The SMILES string of the molecule is C[C@@]12CC[C@H]3OC(=O)C=C3[C@H]1CC[C@@]13C[C@H](CC[C@H]12)[C@](CO)(O[C@@H]1O[C@H](CO[C@@H]2O[C@H](CO)[C@@H](O)[C@H](O)[C@H]2O)[C@@H](O)[C@H](O)[C@H]1O)C3. The highest BCUT2D eigenvalue weighted by atomic mass is 16.7. The molecule has 14 nitrogen and oxygen atoms in total. The first-order valence-corrected chi connectivity index (χ1v) is 16.7. The minimum absolute atomic E-state index is 0.0237. The number of fused-ring (bicyclic) bond motifs is 5. The molecule has 0 radical (unpaired) electrons. The number of rotatable bonds is 7. The van der Waals surface area contributed by atoms with Gasteiger partial charge >= 0.3 is 5.97 Å². The topological polar surface area (TPSA) is 225 Å². The van der Waals surface area contributed by atoms with Gasteiger partial charge < -0.3 is 64.5 Å². The van der Waals surface area contributed by atoms with Crippen LogP contribution < -0.4 is 0 Å². The van der Waals surface area contributed by atoms with Crippen LogP contribution in [0.25, 0.3) is 0 Å². The Morgan fingerprint density at radius 3 is 2.26 bits per heavy atom. The van der Waals surface area contributed by atoms with Crippen LogP contribution in [0.4, 0.5) is 0 Å². The van der Waals surface area contributed by atoms with Gasteiger partial charge in [-0.1, -0.05) is 6.92 Å². The maximum atomic E-state index is 12.1. The van der Waals surface area contributed by atoms with E-state index in [1.54, 1.807) is 6.08 Å². The smallest absolute Gasteiger partial charge is 0.331 e. The molecule has 4 aliphatic carbocycles. The van der Waals surface area contributed by atoms with Crippen LogP contribution in [0, 0.1) is 28.6 Å². The molecule has 46 heavy (non-hydrogen) atoms. The Morgan fingerprint density at radius 1 is 0.848 bits per heavy atom. The predicted molar refractivity (Wildman–Crippen MR) is 153 cm³/mol. The molecular weight excluding hydrogens is 608 g/mol. The number of aliphatic hydroxyl groups excluding tert-OH is 8. The van der Waals surface area contributed by atoms with E-state index in [0.717, 1.165) is 50.5 Å². The van der Waals surface area contributed by atoms with Crippen molar-refractivity contribution in [3.05, 3.63) is 11.6 Å². The minimum atomic E-state index is -1.68. The van der Waals surface area contributed by atoms with Gasteiger partial charge in [-0.05, 0) is 85.5 Å². The average molecular weight is 657 g/mol. The van der Waals surface area contributed by atoms with Crippen LogP contribution in [0.1, 0.15) is 58.3 Å². The predicted octanol–water partition coefficient (Wildman–Crippen LogP) is -1.77. The van der Waals surface area contributed by atoms with Gasteiger partial charge in [-0.25, -0.2) is 4.79 Å². The van der Waals surface area contributed by atoms with Crippen LogP contribution in [0.3, 0.4) is 0 Å². The van der Waals surface area contributed by atoms with Crippen molar-refractivity contribution in [2.75, 3.05) is 19.8 Å². The summed E-state index contributed by atoms with van der Waals surface area (Å²) < 4.78 is 29.0. The Bertz CT molecular complexity index is 1200. The van der Waals surface area contributed by atoms with Gasteiger partial charge in [0.1, 0.15) is 54.9 Å². The average Bonchev–Trinajstić information content (AvgIpc) is 3.53. The number of hydrogen-bond acceptors (Lipinski definition) is 14. The highest BCUT2D eigenvalue weighted by Gasteiger charge is 2.68. The van der Waals surface area contributed by atoms with E-state index in [4.69, 9.17) is 23.7 Å². The monoisotopic (exact) mass is 656 g/mol. The first-order chi connectivity index (χ1) is 21.9. The molecule has 0 unspecified atom stereocenters. The molecular formula is C32H48O14. The number of hydrogen-bond donors (Lipinski definition) is 8. The second-order valence-electron chi connectivity index (χ2n) is 15.2. The molecule has 0 amide bonds. The third-order valence-electron chi connectivity index (χ3n) is 12.9. The number of ether oxygens (including phenoxy) is 5. The van der Waals surface area contributed by atoms with E-state index < -0.39 is 80.2 Å². The summed E-state index contributed by atoms with van der Waals surface area (Å²) in [5.41, 5.74) is -0.0745. The Kier molecular flexibility index (Phi) is 8.64. The number of esters is 1. The Labute approximate surface area is 266 Å². The Balaban J connectivity index is 1.07. The van der Waals surface area contributed by atoms with Crippen LogP contribution >= 0.6 is 0 Å². The molecule has 260 valence electrons. The molecule has 6 fully saturated rings. The van der Waals surface area contributed by atoms with Gasteiger partial charge in [0.15, 0.2) is 12.6 Å². The number of aliphatic hydroxyl groups is 8. The summed E-state index contributed by atoms with van der Waals surface area (Å²) in [7, 11) is 0. The van der Waals surface area contributed by atoms with E-state index in [2.05, 4.69) is 6.92 Å². The molecule has 2 bridgehead atoms. The third-order valence-corrected chi connectivity index (χ3v) is 12.9. The van der Waals surface area contributed by atoms with Crippen molar-refractivity contribution in [1.29, 1.82) is 0 Å². The molecule has 0 aromatic heterocycles. The molecule has 7 rings (SSSR count). The quantitative estimate of drug-likeness (QED) is 0.142. The minimum Gasteiger partial charge on any atom is -0.455 e. The molecule has 0 aromatic rings. The zero-order chi connectivity index (χ0) is 32.8. The molecule has 0 aromatic carbocycles. The summed E-state index contributed by atoms with van der Waals surface area (Å²) in [4.78, 5) is 12.1. The van der Waals surface area contributed by atoms with Gasteiger partial charge in [0.05, 0.1) is 25.4 Å². The lowest BCUT2D eigenvalue weighted by Crippen LogP contribution is -2.63. The second kappa shape index (κ2) is 12.0. The summed E-state index contributed by atoms with van der Waals surface area (Å²) in [6, 6.07) is 0. The van der Waals surface area contributed by atoms with Crippen molar-refractivity contribution in [3.8, 4) is 0 Å². The van der Waals surface area contributed by atoms with Crippen molar-refractivity contribution in [2.24, 2.45) is 28.6 Å². The van der Waals surface area contributed by atoms with E-state index in [1.807, 2.05) is 0 Å². The summed E-state index contributed by atoms with van der Waals surface area (Å²) in [6.07, 6.45) is -6.92. The summed E-state index contributed by atoms with van der Waals surface area (Å²) in [5.74, 6) is 0.329. The van der Waals surface area contributed by atoms with Gasteiger partial charge in [0.2, 0.25) is 0 Å². The van der Waals surface area contributed by atoms with Crippen LogP contribution in [-0.2, 0) is 28.5 Å². The van der Waals surface area contributed by atoms with Gasteiger partial charge in [0, 0.05) is 6.08 Å². The van der Waals surface area contributed by atoms with E-state index in [-0.39, 0.29) is 41.3 Å². The molecule has 7 aliphatic rings. The van der Waals surface area contributed by atoms with Gasteiger partial charge in [-0.15, -0.1) is 0 Å². The van der Waals surface area contributed by atoms with Crippen LogP contribution in [-0.4, -0.2) is 140 Å². The van der Waals surface area contributed by atoms with Crippen LogP contribution in [0.15, 0.2) is 11.6 Å². The lowest BCUT2D eigenvalue weighted by Gasteiger charge is -2.60. The Morgan fingerprint density at radius 2 is 1.54 bits per heavy atom. The fourth-order valence-electron chi connectivity index (χ4n) is 10.7. The molecule has 8 N–H and O–H groups in total. The van der Waals surface area contributed by atoms with Gasteiger partial charge in [0.25, 0.3) is 0 Å². The highest BCUT2D eigenvalue weighted by Crippen LogP contribution is 2.72. The van der Waals surface area contributed by atoms with E-state index in [0.29, 0.717) is 12.3 Å². The molecule has 3 aliphatic heterocycles. The van der Waals surface area contributed by atoms with Crippen LogP contribution in [0.2, 0.25) is 0 Å². The maximum absolute atomic E-state index is 12.1. The maximum Gasteiger partial charge on any atom is 0.331 e. The van der Waals surface area contributed by atoms with Crippen molar-refractivity contribution in [3.63, 3.8) is 0 Å². The normalized spacial score (nSPS) is 54.8. The standard InChI is InChI=1S/C32H48O14/c1-30-6-5-17-15(8-21(35)43-17)16(30)4-7-31-9-14(2-3-20(30)31)32(12-31,13-34)46-29-27(41)25(39)23(37)19(45-29)11-42-28-26(40)24(38)22(36)18(10-33)44-28/h8,14,16-20,22-29,33-34,36-41H,2-7,9-13H2,1H3/t14-,16+,17+,18+,19+,20-,22+,23+,24-,25-,26+,27+,28+,29-,30+,31-,32-/m0/s1. The zero-order valence-electron chi connectivity index (χ0n) is 26.0. The zero-order valence-corrected chi connectivity index (χ0v) is 26.0. The molecule has 2 saturated heterocycles. The van der Waals surface area contributed by atoms with E-state index in [9.17, 15) is 45.6 Å². The van der Waals surface area contributed by atoms with Crippen molar-refractivity contribution in [2.45, 2.75) is 131 Å². The third kappa shape index (κ3) is 5.02. The summed E-state index contributed by atoms with van der Waals surface area (Å²) >= 11 is 0. The lowest BCUT2D eigenvalue weighted by atomic mass is 9.44. The highest BCUT2D eigenvalue weighted by molar-refractivity contribution is 5.86. The molecule has 4 saturated carbocycles. The fourth-order valence-corrected chi connectivity index (χ4v) is 10.7. The summed E-state index contributed by atoms with van der Waals surface area (Å²) in [5, 5.41) is 83.3. The first-order valence-electron chi connectivity index (χ1n) is 16.7. The Hall–Kier alpha value is -1.27. The largest absolute Gasteiger partial charge is 0.455 e. The van der Waals surface area contributed by atoms with Crippen molar-refractivity contribution >= 4 is 5.97 Å². The van der Waals surface area contributed by atoms with Gasteiger partial charge in [-0.3, -0.25) is 0 Å². The first kappa shape index (κ1) is 33.2. The lowest BCUT2D eigenvalue weighted by molar-refractivity contribution is -0.349. The fraction of sp³-hybridized carbons (Fsp3) is 0.906. The van der Waals surface area contributed by atoms with Gasteiger partial charge in [-0.2, -0.15) is 0 Å². The van der Waals surface area contributed by atoms with Crippen molar-refractivity contribution < 1.29 is 69.3 Å². The molecule has 1 spiro atoms. The molecule has 3 heterocycles. The van der Waals surface area contributed by atoms with Crippen molar-refractivity contribution in [1.82, 2.24) is 0 Å². The van der Waals surface area contributed by atoms with E-state index >= 15 is 0 Å². The van der Waals surface area contributed by atoms with Crippen LogP contribution in [0.5, 0.6) is 0 Å².